The van der Waals surface area contributed by atoms with E-state index in [4.69, 9.17) is 14.3 Å². The Balaban J connectivity index is 2.91. The molecule has 0 saturated heterocycles. The van der Waals surface area contributed by atoms with Gasteiger partial charge in [0.25, 0.3) is 0 Å². The molecule has 0 aliphatic rings. The molecule has 0 unspecified atom stereocenters. The molecule has 0 fully saturated rings. The molecular formula is C14H31O3PS. The topological polar surface area (TPSA) is 49.7 Å². The third-order valence-corrected chi connectivity index (χ3v) is 4.52. The quantitative estimate of drug-likeness (QED) is 0.335. The van der Waals surface area contributed by atoms with Crippen molar-refractivity contribution < 1.29 is 14.3 Å². The van der Waals surface area contributed by atoms with E-state index in [1.54, 1.807) is 0 Å². The van der Waals surface area contributed by atoms with Gasteiger partial charge in [-0.15, -0.1) is 0 Å². The van der Waals surface area contributed by atoms with Crippen molar-refractivity contribution in [1.29, 1.82) is 0 Å². The lowest BCUT2D eigenvalue weighted by molar-refractivity contribution is 0.271. The maximum absolute atomic E-state index is 8.53. The van der Waals surface area contributed by atoms with Gasteiger partial charge in [0.15, 0.2) is 0 Å². The monoisotopic (exact) mass is 310 g/mol. The molecule has 0 rings (SSSR count). The number of hydrogen-bond acceptors (Lipinski definition) is 4. The van der Waals surface area contributed by atoms with Crippen molar-refractivity contribution in [3.63, 3.8) is 0 Å². The van der Waals surface area contributed by atoms with Gasteiger partial charge in [-0.3, -0.25) is 0 Å². The van der Waals surface area contributed by atoms with E-state index in [1.807, 2.05) is 11.8 Å². The zero-order valence-corrected chi connectivity index (χ0v) is 14.1. The Bertz CT molecular complexity index is 171. The molecule has 0 spiro atoms. The van der Waals surface area contributed by atoms with Gasteiger partial charge in [0, 0.05) is 5.75 Å². The van der Waals surface area contributed by atoms with Gasteiger partial charge >= 0.3 is 8.60 Å². The minimum atomic E-state index is -2.15. The lowest BCUT2D eigenvalue weighted by Crippen LogP contribution is -1.93. The van der Waals surface area contributed by atoms with E-state index < -0.39 is 8.60 Å². The van der Waals surface area contributed by atoms with Crippen molar-refractivity contribution in [2.24, 2.45) is 0 Å². The number of hydrogen-bond donors (Lipinski definition) is 2. The van der Waals surface area contributed by atoms with Crippen molar-refractivity contribution in [3.05, 3.63) is 0 Å². The van der Waals surface area contributed by atoms with E-state index in [-0.39, 0.29) is 0 Å². The van der Waals surface area contributed by atoms with Crippen molar-refractivity contribution in [2.75, 3.05) is 18.1 Å². The summed E-state index contributed by atoms with van der Waals surface area (Å²) in [5.41, 5.74) is 0. The Morgan fingerprint density at radius 1 is 0.789 bits per heavy atom. The third kappa shape index (κ3) is 18.7. The second-order valence-electron chi connectivity index (χ2n) is 4.88. The van der Waals surface area contributed by atoms with Crippen LogP contribution in [0.2, 0.25) is 0 Å². The van der Waals surface area contributed by atoms with Crippen LogP contribution in [-0.2, 0) is 4.52 Å². The van der Waals surface area contributed by atoms with Crippen molar-refractivity contribution in [1.82, 2.24) is 0 Å². The molecule has 0 heterocycles. The molecule has 3 nitrogen and oxygen atoms in total. The molecule has 19 heavy (non-hydrogen) atoms. The lowest BCUT2D eigenvalue weighted by atomic mass is 10.1. The Kier molecular flexibility index (Phi) is 17.3. The smallest absolute Gasteiger partial charge is 0.327 e. The molecule has 0 aromatic carbocycles. The summed E-state index contributed by atoms with van der Waals surface area (Å²) in [4.78, 5) is 17.1. The van der Waals surface area contributed by atoms with Crippen LogP contribution >= 0.6 is 20.4 Å². The molecule has 0 aromatic rings. The predicted octanol–water partition coefficient (Wildman–Crippen LogP) is 4.87. The summed E-state index contributed by atoms with van der Waals surface area (Å²) in [6.07, 6.45) is 13.7. The summed E-state index contributed by atoms with van der Waals surface area (Å²) in [5, 5.41) is 0. The van der Waals surface area contributed by atoms with Crippen molar-refractivity contribution in [2.45, 2.75) is 71.1 Å². The highest BCUT2D eigenvalue weighted by molar-refractivity contribution is 7.99. The first-order valence-corrected chi connectivity index (χ1v) is 9.98. The Morgan fingerprint density at radius 3 is 1.84 bits per heavy atom. The average molecular weight is 310 g/mol. The highest BCUT2D eigenvalue weighted by atomic mass is 32.2. The van der Waals surface area contributed by atoms with Crippen LogP contribution in [0.1, 0.15) is 71.1 Å². The van der Waals surface area contributed by atoms with Crippen molar-refractivity contribution >= 4 is 20.4 Å². The van der Waals surface area contributed by atoms with E-state index in [0.717, 1.165) is 11.5 Å². The first kappa shape index (κ1) is 19.7. The molecule has 0 aliphatic carbocycles. The first-order valence-electron chi connectivity index (χ1n) is 7.66. The van der Waals surface area contributed by atoms with Crippen LogP contribution < -0.4 is 0 Å². The second kappa shape index (κ2) is 16.7. The lowest BCUT2D eigenvalue weighted by Gasteiger charge is -2.04. The van der Waals surface area contributed by atoms with Gasteiger partial charge in [0.05, 0.1) is 6.61 Å². The van der Waals surface area contributed by atoms with Crippen LogP contribution in [0, 0.1) is 0 Å². The molecular weight excluding hydrogens is 279 g/mol. The fraction of sp³-hybridized carbons (Fsp3) is 1.00. The molecule has 0 aliphatic heterocycles. The van der Waals surface area contributed by atoms with E-state index in [0.29, 0.717) is 6.61 Å². The van der Waals surface area contributed by atoms with Gasteiger partial charge in [-0.1, -0.05) is 64.7 Å². The molecule has 0 atom stereocenters. The zero-order valence-electron chi connectivity index (χ0n) is 12.4. The summed E-state index contributed by atoms with van der Waals surface area (Å²) in [6.45, 7) is 2.71. The van der Waals surface area contributed by atoms with Crippen LogP contribution in [0.5, 0.6) is 0 Å². The van der Waals surface area contributed by atoms with Crippen LogP contribution in [0.15, 0.2) is 0 Å². The Hall–Kier alpha value is 0.660. The third-order valence-electron chi connectivity index (χ3n) is 3.08. The summed E-state index contributed by atoms with van der Waals surface area (Å²) in [5.74, 6) is 2.02. The van der Waals surface area contributed by atoms with Gasteiger partial charge < -0.3 is 14.3 Å². The number of unbranched alkanes of at least 4 members (excludes halogenated alkanes) is 9. The molecule has 0 bridgehead atoms. The van der Waals surface area contributed by atoms with Gasteiger partial charge in [0.1, 0.15) is 0 Å². The highest BCUT2D eigenvalue weighted by Crippen LogP contribution is 2.24. The SMILES string of the molecule is CCCCCCCCCCCCSCCOP(O)O. The molecule has 0 radical (unpaired) electrons. The van der Waals surface area contributed by atoms with E-state index in [9.17, 15) is 0 Å². The van der Waals surface area contributed by atoms with E-state index in [1.165, 1.54) is 64.2 Å². The fourth-order valence-electron chi connectivity index (χ4n) is 1.97. The Morgan fingerprint density at radius 2 is 1.32 bits per heavy atom. The van der Waals surface area contributed by atoms with Gasteiger partial charge in [-0.25, -0.2) is 0 Å². The number of thioether (sulfide) groups is 1. The predicted molar refractivity (Wildman–Crippen MR) is 86.5 cm³/mol. The fourth-order valence-corrected chi connectivity index (χ4v) is 3.16. The molecule has 0 saturated carbocycles. The van der Waals surface area contributed by atoms with Gasteiger partial charge in [-0.05, 0) is 12.2 Å². The molecule has 0 amide bonds. The van der Waals surface area contributed by atoms with Crippen LogP contribution in [0.3, 0.4) is 0 Å². The molecule has 116 valence electrons. The summed E-state index contributed by atoms with van der Waals surface area (Å²) in [6, 6.07) is 0. The van der Waals surface area contributed by atoms with Crippen LogP contribution in [0.4, 0.5) is 0 Å². The normalized spacial score (nSPS) is 11.4. The van der Waals surface area contributed by atoms with Crippen LogP contribution in [0.25, 0.3) is 0 Å². The van der Waals surface area contributed by atoms with Crippen molar-refractivity contribution in [3.8, 4) is 0 Å². The van der Waals surface area contributed by atoms with Gasteiger partial charge in [-0.2, -0.15) is 11.8 Å². The molecule has 0 aromatic heterocycles. The second-order valence-corrected chi connectivity index (χ2v) is 6.87. The highest BCUT2D eigenvalue weighted by Gasteiger charge is 1.98. The average Bonchev–Trinajstić information content (AvgIpc) is 2.39. The maximum atomic E-state index is 8.53. The summed E-state index contributed by atoms with van der Waals surface area (Å²) in [7, 11) is -2.15. The minimum absolute atomic E-state index is 0.446. The standard InChI is InChI=1S/C14H31O3PS/c1-2-3-4-5-6-7-8-9-10-11-13-19-14-12-17-18(15)16/h15-16H,2-14H2,1H3. The summed E-state index contributed by atoms with van der Waals surface area (Å²) < 4.78 is 4.70. The molecule has 5 heteroatoms. The van der Waals surface area contributed by atoms with E-state index >= 15 is 0 Å². The van der Waals surface area contributed by atoms with E-state index in [2.05, 4.69) is 6.92 Å². The first-order chi connectivity index (χ1) is 9.27. The van der Waals surface area contributed by atoms with Crippen LogP contribution in [-0.4, -0.2) is 27.9 Å². The summed E-state index contributed by atoms with van der Waals surface area (Å²) >= 11 is 1.84. The largest absolute Gasteiger partial charge is 0.328 e. The molecule has 2 N–H and O–H groups in total. The Labute approximate surface area is 124 Å². The minimum Gasteiger partial charge on any atom is -0.328 e. The zero-order chi connectivity index (χ0) is 14.2. The maximum Gasteiger partial charge on any atom is 0.327 e. The van der Waals surface area contributed by atoms with Gasteiger partial charge in [0.2, 0.25) is 0 Å². The number of rotatable bonds is 15.